The zero-order valence-corrected chi connectivity index (χ0v) is 22.1. The molecule has 0 aliphatic carbocycles. The van der Waals surface area contributed by atoms with Crippen LogP contribution in [0.15, 0.2) is 84.4 Å². The lowest BCUT2D eigenvalue weighted by Gasteiger charge is -2.26. The van der Waals surface area contributed by atoms with Crippen molar-refractivity contribution >= 4 is 17.4 Å². The van der Waals surface area contributed by atoms with Gasteiger partial charge in [-0.25, -0.2) is 0 Å². The third kappa shape index (κ3) is 6.23. The van der Waals surface area contributed by atoms with Crippen molar-refractivity contribution in [1.29, 1.82) is 0 Å². The number of carbonyl (C=O) groups is 2. The molecule has 0 spiro atoms. The van der Waals surface area contributed by atoms with Crippen LogP contribution in [0, 0.1) is 6.92 Å². The lowest BCUT2D eigenvalue weighted by molar-refractivity contribution is -0.139. The number of benzene rings is 3. The van der Waals surface area contributed by atoms with Gasteiger partial charge in [0.25, 0.3) is 11.7 Å². The van der Waals surface area contributed by atoms with Gasteiger partial charge in [-0.15, -0.1) is 0 Å². The maximum atomic E-state index is 13.1. The zero-order valence-electron chi connectivity index (χ0n) is 22.1. The Kier molecular flexibility index (Phi) is 8.81. The average Bonchev–Trinajstić information content (AvgIpc) is 3.17. The maximum absolute atomic E-state index is 13.1. The van der Waals surface area contributed by atoms with Crippen LogP contribution in [0.2, 0.25) is 0 Å². The first-order chi connectivity index (χ1) is 18.4. The van der Waals surface area contributed by atoms with Crippen LogP contribution in [-0.4, -0.2) is 67.0 Å². The molecule has 1 saturated heterocycles. The van der Waals surface area contributed by atoms with Crippen LogP contribution in [0.3, 0.4) is 0 Å². The van der Waals surface area contributed by atoms with Crippen LogP contribution in [-0.2, 0) is 9.59 Å². The van der Waals surface area contributed by atoms with Gasteiger partial charge in [-0.1, -0.05) is 60.7 Å². The van der Waals surface area contributed by atoms with Gasteiger partial charge >= 0.3 is 0 Å². The molecule has 1 amide bonds. The molecule has 1 atom stereocenters. The molecule has 1 N–H and O–H groups in total. The molecule has 1 aliphatic rings. The van der Waals surface area contributed by atoms with Gasteiger partial charge in [0.05, 0.1) is 11.6 Å². The lowest BCUT2D eigenvalue weighted by Crippen LogP contribution is -2.32. The largest absolute Gasteiger partial charge is 0.507 e. The van der Waals surface area contributed by atoms with E-state index in [1.54, 1.807) is 29.2 Å². The molecule has 0 unspecified atom stereocenters. The summed E-state index contributed by atoms with van der Waals surface area (Å²) in [4.78, 5) is 29.8. The Balaban J connectivity index is 1.53. The fourth-order valence-electron chi connectivity index (χ4n) is 4.54. The number of hydrogen-bond donors (Lipinski definition) is 1. The van der Waals surface area contributed by atoms with E-state index in [1.165, 1.54) is 0 Å². The summed E-state index contributed by atoms with van der Waals surface area (Å²) in [5.74, 6) is 0.0382. The number of Topliss-reactive ketones (excluding diaryl/α,β-unsaturated/α-hetero) is 1. The number of carbonyl (C=O) groups excluding carboxylic acids is 2. The summed E-state index contributed by atoms with van der Waals surface area (Å²) in [6.45, 7) is 3.93. The van der Waals surface area contributed by atoms with Gasteiger partial charge in [-0.2, -0.15) is 0 Å². The molecule has 0 radical (unpaired) electrons. The van der Waals surface area contributed by atoms with Crippen LogP contribution < -0.4 is 9.47 Å². The van der Waals surface area contributed by atoms with E-state index < -0.39 is 17.7 Å². The molecule has 38 heavy (non-hydrogen) atoms. The van der Waals surface area contributed by atoms with Gasteiger partial charge in [0.2, 0.25) is 0 Å². The minimum atomic E-state index is -0.684. The van der Waals surface area contributed by atoms with Gasteiger partial charge in [-0.05, 0) is 63.3 Å². The molecule has 1 fully saturated rings. The number of para-hydroxylation sites is 1. The Hall–Kier alpha value is -4.10. The smallest absolute Gasteiger partial charge is 0.295 e. The van der Waals surface area contributed by atoms with Gasteiger partial charge in [0.1, 0.15) is 30.5 Å². The minimum absolute atomic E-state index is 0.103. The van der Waals surface area contributed by atoms with Crippen molar-refractivity contribution in [1.82, 2.24) is 9.80 Å². The molecular weight excluding hydrogens is 480 g/mol. The molecular formula is C31H34N2O5. The Morgan fingerprint density at radius 3 is 2.24 bits per heavy atom. The molecule has 4 rings (SSSR count). The second-order valence-electron chi connectivity index (χ2n) is 9.55. The molecule has 1 heterocycles. The molecule has 7 nitrogen and oxygen atoms in total. The van der Waals surface area contributed by atoms with Crippen molar-refractivity contribution in [2.75, 3.05) is 40.4 Å². The minimum Gasteiger partial charge on any atom is -0.507 e. The Morgan fingerprint density at radius 2 is 1.55 bits per heavy atom. The van der Waals surface area contributed by atoms with Crippen molar-refractivity contribution in [3.05, 3.63) is 101 Å². The standard InChI is InChI=1S/C31H34N2O5/c1-22-10-7-8-13-26(22)38-21-20-37-25-16-14-23(15-17-25)28-27(29(34)24-11-5-4-6-12-24)30(35)31(36)33(28)19-9-18-32(2)3/h4-8,10-17,28,34H,9,18-21H2,1-3H3/t28-/m0/s1. The monoisotopic (exact) mass is 514 g/mol. The summed E-state index contributed by atoms with van der Waals surface area (Å²) in [7, 11) is 3.93. The van der Waals surface area contributed by atoms with Crippen molar-refractivity contribution in [3.8, 4) is 11.5 Å². The molecule has 0 bridgehead atoms. The number of hydrogen-bond acceptors (Lipinski definition) is 6. The SMILES string of the molecule is Cc1ccccc1OCCOc1ccc([C@H]2C(=C(O)c3ccccc3)C(=O)C(=O)N2CCCN(C)C)cc1. The van der Waals surface area contributed by atoms with Crippen LogP contribution in [0.1, 0.15) is 29.2 Å². The first-order valence-electron chi connectivity index (χ1n) is 12.8. The van der Waals surface area contributed by atoms with Crippen LogP contribution in [0.25, 0.3) is 5.76 Å². The molecule has 7 heteroatoms. The van der Waals surface area contributed by atoms with E-state index in [2.05, 4.69) is 0 Å². The molecule has 3 aromatic carbocycles. The first kappa shape index (κ1) is 26.9. The van der Waals surface area contributed by atoms with Crippen molar-refractivity contribution in [2.24, 2.45) is 0 Å². The number of aliphatic hydroxyl groups excluding tert-OH is 1. The highest BCUT2D eigenvalue weighted by Gasteiger charge is 2.45. The summed E-state index contributed by atoms with van der Waals surface area (Å²) in [5.41, 5.74) is 2.40. The van der Waals surface area contributed by atoms with E-state index in [4.69, 9.17) is 9.47 Å². The second kappa shape index (κ2) is 12.4. The van der Waals surface area contributed by atoms with Crippen molar-refractivity contribution in [3.63, 3.8) is 0 Å². The number of aliphatic hydroxyl groups is 1. The number of amides is 1. The van der Waals surface area contributed by atoms with E-state index >= 15 is 0 Å². The quantitative estimate of drug-likeness (QED) is 0.171. The third-order valence-corrected chi connectivity index (χ3v) is 6.49. The Labute approximate surface area is 223 Å². The van der Waals surface area contributed by atoms with E-state index in [-0.39, 0.29) is 11.3 Å². The summed E-state index contributed by atoms with van der Waals surface area (Å²) in [5, 5.41) is 11.1. The normalized spacial score (nSPS) is 16.7. The maximum Gasteiger partial charge on any atom is 0.295 e. The summed E-state index contributed by atoms with van der Waals surface area (Å²) in [6, 6.07) is 23.3. The molecule has 3 aromatic rings. The number of ether oxygens (including phenoxy) is 2. The van der Waals surface area contributed by atoms with Gasteiger partial charge in [-0.3, -0.25) is 9.59 Å². The van der Waals surface area contributed by atoms with Crippen molar-refractivity contribution in [2.45, 2.75) is 19.4 Å². The topological polar surface area (TPSA) is 79.3 Å². The fourth-order valence-corrected chi connectivity index (χ4v) is 4.54. The Morgan fingerprint density at radius 1 is 0.895 bits per heavy atom. The Bertz CT molecular complexity index is 1290. The van der Waals surface area contributed by atoms with Crippen LogP contribution >= 0.6 is 0 Å². The zero-order chi connectivity index (χ0) is 27.1. The third-order valence-electron chi connectivity index (χ3n) is 6.49. The average molecular weight is 515 g/mol. The predicted octanol–water partition coefficient (Wildman–Crippen LogP) is 4.83. The van der Waals surface area contributed by atoms with Crippen LogP contribution in [0.4, 0.5) is 0 Å². The van der Waals surface area contributed by atoms with E-state index in [0.29, 0.717) is 37.5 Å². The van der Waals surface area contributed by atoms with E-state index in [0.717, 1.165) is 23.4 Å². The highest BCUT2D eigenvalue weighted by molar-refractivity contribution is 6.46. The highest BCUT2D eigenvalue weighted by atomic mass is 16.5. The van der Waals surface area contributed by atoms with Crippen molar-refractivity contribution < 1.29 is 24.2 Å². The van der Waals surface area contributed by atoms with Gasteiger partial charge in [0.15, 0.2) is 0 Å². The lowest BCUT2D eigenvalue weighted by atomic mass is 9.95. The molecule has 1 aliphatic heterocycles. The number of aryl methyl sites for hydroxylation is 1. The molecule has 0 aromatic heterocycles. The predicted molar refractivity (Wildman–Crippen MR) is 147 cm³/mol. The first-order valence-corrected chi connectivity index (χ1v) is 12.8. The summed E-state index contributed by atoms with van der Waals surface area (Å²) >= 11 is 0. The van der Waals surface area contributed by atoms with E-state index in [9.17, 15) is 14.7 Å². The number of likely N-dealkylation sites (tertiary alicyclic amines) is 1. The molecule has 0 saturated carbocycles. The number of ketones is 1. The number of rotatable bonds is 11. The summed E-state index contributed by atoms with van der Waals surface area (Å²) < 4.78 is 11.6. The van der Waals surface area contributed by atoms with E-state index in [1.807, 2.05) is 80.5 Å². The van der Waals surface area contributed by atoms with Gasteiger partial charge in [0, 0.05) is 12.1 Å². The van der Waals surface area contributed by atoms with Crippen LogP contribution in [0.5, 0.6) is 11.5 Å². The summed E-state index contributed by atoms with van der Waals surface area (Å²) in [6.07, 6.45) is 0.698. The number of nitrogens with zero attached hydrogens (tertiary/aromatic N) is 2. The fraction of sp³-hybridized carbons (Fsp3) is 0.290. The molecule has 198 valence electrons. The second-order valence-corrected chi connectivity index (χ2v) is 9.55. The highest BCUT2D eigenvalue weighted by Crippen LogP contribution is 2.39. The van der Waals surface area contributed by atoms with Gasteiger partial charge < -0.3 is 24.4 Å².